The van der Waals surface area contributed by atoms with Gasteiger partial charge in [0.25, 0.3) is 0 Å². The lowest BCUT2D eigenvalue weighted by Crippen LogP contribution is -2.47. The van der Waals surface area contributed by atoms with Crippen LogP contribution < -0.4 is 10.2 Å². The van der Waals surface area contributed by atoms with E-state index in [9.17, 15) is 4.79 Å². The van der Waals surface area contributed by atoms with Gasteiger partial charge in [-0.3, -0.25) is 4.79 Å². The molecule has 1 saturated heterocycles. The van der Waals surface area contributed by atoms with Gasteiger partial charge in [0.1, 0.15) is 0 Å². The molecular formula is C17H22N4O. The molecule has 1 fully saturated rings. The summed E-state index contributed by atoms with van der Waals surface area (Å²) in [7, 11) is 0. The highest BCUT2D eigenvalue weighted by Crippen LogP contribution is 2.18. The van der Waals surface area contributed by atoms with Crippen LogP contribution in [0, 0.1) is 0 Å². The third kappa shape index (κ3) is 3.93. The fraction of sp³-hybridized carbons (Fsp3) is 0.471. The Bertz CT molecular complexity index is 567. The van der Waals surface area contributed by atoms with Crippen LogP contribution in [-0.4, -0.2) is 35.0 Å². The van der Waals surface area contributed by atoms with Crippen molar-refractivity contribution < 1.29 is 4.79 Å². The molecule has 22 heavy (non-hydrogen) atoms. The number of hydrogen-bond donors (Lipinski definition) is 1. The van der Waals surface area contributed by atoms with Gasteiger partial charge in [0.15, 0.2) is 0 Å². The Morgan fingerprint density at radius 3 is 2.95 bits per heavy atom. The Balaban J connectivity index is 1.53. The molecule has 1 amide bonds. The van der Waals surface area contributed by atoms with E-state index in [4.69, 9.17) is 0 Å². The van der Waals surface area contributed by atoms with Gasteiger partial charge in [0, 0.05) is 37.6 Å². The lowest BCUT2D eigenvalue weighted by molar-refractivity contribution is -0.117. The summed E-state index contributed by atoms with van der Waals surface area (Å²) in [5, 5.41) is 3.09. The van der Waals surface area contributed by atoms with Gasteiger partial charge < -0.3 is 10.2 Å². The molecule has 1 N–H and O–H groups in total. The molecule has 116 valence electrons. The zero-order valence-electron chi connectivity index (χ0n) is 12.7. The summed E-state index contributed by atoms with van der Waals surface area (Å²) in [4.78, 5) is 22.7. The second-order valence-corrected chi connectivity index (χ2v) is 5.85. The number of rotatable bonds is 4. The van der Waals surface area contributed by atoms with Crippen molar-refractivity contribution >= 4 is 11.9 Å². The van der Waals surface area contributed by atoms with Gasteiger partial charge in [-0.15, -0.1) is 0 Å². The molecule has 1 aliphatic heterocycles. The molecule has 5 heteroatoms. The topological polar surface area (TPSA) is 58.1 Å². The second kappa shape index (κ2) is 7.20. The number of carbonyl (C=O) groups is 1. The smallest absolute Gasteiger partial charge is 0.244 e. The number of nitrogens with zero attached hydrogens (tertiary/aromatic N) is 3. The van der Waals surface area contributed by atoms with Gasteiger partial charge in [0.05, 0.1) is 0 Å². The van der Waals surface area contributed by atoms with E-state index >= 15 is 0 Å². The summed E-state index contributed by atoms with van der Waals surface area (Å²) >= 11 is 0. The van der Waals surface area contributed by atoms with Crippen molar-refractivity contribution in [3.63, 3.8) is 0 Å². The van der Waals surface area contributed by atoms with Crippen molar-refractivity contribution in [2.75, 3.05) is 18.0 Å². The Morgan fingerprint density at radius 2 is 2.18 bits per heavy atom. The van der Waals surface area contributed by atoms with Gasteiger partial charge in [-0.05, 0) is 38.2 Å². The zero-order valence-corrected chi connectivity index (χ0v) is 12.7. The molecule has 0 spiro atoms. The van der Waals surface area contributed by atoms with Gasteiger partial charge >= 0.3 is 0 Å². The third-order valence-electron chi connectivity index (χ3n) is 4.13. The number of allylic oxidation sites excluding steroid dienone is 3. The number of aromatic nitrogens is 2. The van der Waals surface area contributed by atoms with Crippen LogP contribution in [0.25, 0.3) is 0 Å². The molecule has 0 bridgehead atoms. The summed E-state index contributed by atoms with van der Waals surface area (Å²) in [6, 6.07) is 1.97. The Labute approximate surface area is 131 Å². The average Bonchev–Trinajstić information content (AvgIpc) is 3.08. The first-order chi connectivity index (χ1) is 10.8. The third-order valence-corrected chi connectivity index (χ3v) is 4.13. The minimum absolute atomic E-state index is 0.00590. The van der Waals surface area contributed by atoms with E-state index in [0.29, 0.717) is 0 Å². The fourth-order valence-corrected chi connectivity index (χ4v) is 3.01. The van der Waals surface area contributed by atoms with Gasteiger partial charge in [-0.25, -0.2) is 9.97 Å². The van der Waals surface area contributed by atoms with E-state index in [1.54, 1.807) is 18.5 Å². The standard InChI is InChI=1S/C17H22N4O/c22-16(9-8-14-5-1-2-6-14)20-15-7-3-12-21(13-15)17-18-10-4-11-19-17/h4-5,8-11,15H,1-3,6-7,12-13H2,(H,20,22). The summed E-state index contributed by atoms with van der Waals surface area (Å²) in [6.45, 7) is 1.71. The normalized spacial score (nSPS) is 21.9. The summed E-state index contributed by atoms with van der Waals surface area (Å²) in [5.41, 5.74) is 1.28. The highest BCUT2D eigenvalue weighted by Gasteiger charge is 2.22. The zero-order chi connectivity index (χ0) is 15.2. The van der Waals surface area contributed by atoms with Gasteiger partial charge in [-0.1, -0.05) is 17.7 Å². The molecule has 0 aromatic carbocycles. The fourth-order valence-electron chi connectivity index (χ4n) is 3.01. The first-order valence-corrected chi connectivity index (χ1v) is 8.01. The molecule has 0 radical (unpaired) electrons. The first kappa shape index (κ1) is 14.8. The molecular weight excluding hydrogens is 276 g/mol. The molecule has 2 heterocycles. The van der Waals surface area contributed by atoms with E-state index in [-0.39, 0.29) is 11.9 Å². The lowest BCUT2D eigenvalue weighted by Gasteiger charge is -2.32. The molecule has 1 aromatic heterocycles. The van der Waals surface area contributed by atoms with E-state index in [2.05, 4.69) is 26.3 Å². The van der Waals surface area contributed by atoms with E-state index in [0.717, 1.165) is 44.7 Å². The highest BCUT2D eigenvalue weighted by molar-refractivity contribution is 5.88. The predicted molar refractivity (Wildman–Crippen MR) is 86.5 cm³/mol. The van der Waals surface area contributed by atoms with Crippen molar-refractivity contribution in [2.24, 2.45) is 0 Å². The Hall–Kier alpha value is -2.17. The monoisotopic (exact) mass is 298 g/mol. The van der Waals surface area contributed by atoms with Crippen LogP contribution in [0.2, 0.25) is 0 Å². The minimum atomic E-state index is -0.00590. The Morgan fingerprint density at radius 1 is 1.32 bits per heavy atom. The van der Waals surface area contributed by atoms with Crippen molar-refractivity contribution in [2.45, 2.75) is 38.1 Å². The number of carbonyl (C=O) groups excluding carboxylic acids is 1. The molecule has 5 nitrogen and oxygen atoms in total. The maximum Gasteiger partial charge on any atom is 0.244 e. The van der Waals surface area contributed by atoms with Crippen molar-refractivity contribution in [1.82, 2.24) is 15.3 Å². The van der Waals surface area contributed by atoms with E-state index in [1.807, 2.05) is 12.1 Å². The maximum absolute atomic E-state index is 12.0. The number of nitrogens with one attached hydrogen (secondary N) is 1. The largest absolute Gasteiger partial charge is 0.348 e. The first-order valence-electron chi connectivity index (χ1n) is 8.01. The number of piperidine rings is 1. The van der Waals surface area contributed by atoms with E-state index < -0.39 is 0 Å². The molecule has 1 aromatic rings. The number of amides is 1. The van der Waals surface area contributed by atoms with Crippen LogP contribution >= 0.6 is 0 Å². The molecule has 0 saturated carbocycles. The maximum atomic E-state index is 12.0. The quantitative estimate of drug-likeness (QED) is 0.866. The second-order valence-electron chi connectivity index (χ2n) is 5.85. The highest BCUT2D eigenvalue weighted by atomic mass is 16.1. The van der Waals surface area contributed by atoms with Crippen LogP contribution in [0.15, 0.2) is 42.3 Å². The molecule has 1 unspecified atom stereocenters. The molecule has 3 rings (SSSR count). The summed E-state index contributed by atoms with van der Waals surface area (Å²) < 4.78 is 0. The van der Waals surface area contributed by atoms with E-state index in [1.165, 1.54) is 12.0 Å². The van der Waals surface area contributed by atoms with Crippen LogP contribution in [0.4, 0.5) is 5.95 Å². The molecule has 1 aliphatic carbocycles. The van der Waals surface area contributed by atoms with Crippen LogP contribution in [-0.2, 0) is 4.79 Å². The molecule has 2 aliphatic rings. The van der Waals surface area contributed by atoms with Gasteiger partial charge in [0.2, 0.25) is 11.9 Å². The number of anilines is 1. The summed E-state index contributed by atoms with van der Waals surface area (Å²) in [6.07, 6.45) is 14.8. The lowest BCUT2D eigenvalue weighted by atomic mass is 10.1. The van der Waals surface area contributed by atoms with Crippen molar-refractivity contribution in [1.29, 1.82) is 0 Å². The Kier molecular flexibility index (Phi) is 4.83. The molecule has 1 atom stereocenters. The number of hydrogen-bond acceptors (Lipinski definition) is 4. The SMILES string of the molecule is O=C(C=CC1=CCCC1)NC1CCCN(c2ncccn2)C1. The van der Waals surface area contributed by atoms with Crippen LogP contribution in [0.3, 0.4) is 0 Å². The minimum Gasteiger partial charge on any atom is -0.348 e. The average molecular weight is 298 g/mol. The summed E-state index contributed by atoms with van der Waals surface area (Å²) in [5.74, 6) is 0.738. The van der Waals surface area contributed by atoms with Crippen LogP contribution in [0.1, 0.15) is 32.1 Å². The van der Waals surface area contributed by atoms with Crippen LogP contribution in [0.5, 0.6) is 0 Å². The van der Waals surface area contributed by atoms with Crippen molar-refractivity contribution in [3.8, 4) is 0 Å². The predicted octanol–water partition coefficient (Wildman–Crippen LogP) is 2.23. The van der Waals surface area contributed by atoms with Gasteiger partial charge in [-0.2, -0.15) is 0 Å². The van der Waals surface area contributed by atoms with Crippen molar-refractivity contribution in [3.05, 3.63) is 42.3 Å².